The third kappa shape index (κ3) is 3.75. The molecule has 0 bridgehead atoms. The normalized spacial score (nSPS) is 10.7. The molecule has 4 rings (SSSR count). The number of rotatable bonds is 5. The molecule has 1 aromatic carbocycles. The average molecular weight is 376 g/mol. The molecule has 0 fully saturated rings. The van der Waals surface area contributed by atoms with Crippen molar-refractivity contribution in [3.05, 3.63) is 78.0 Å². The van der Waals surface area contributed by atoms with Gasteiger partial charge in [-0.25, -0.2) is 9.97 Å². The topological polar surface area (TPSA) is 76.8 Å². The van der Waals surface area contributed by atoms with E-state index in [1.54, 1.807) is 58.8 Å². The minimum atomic E-state index is -0.0963. The number of benzene rings is 1. The van der Waals surface area contributed by atoms with Gasteiger partial charge in [-0.3, -0.25) is 9.36 Å². The first-order valence-corrected chi connectivity index (χ1v) is 9.15. The van der Waals surface area contributed by atoms with Crippen LogP contribution >= 0.6 is 11.3 Å². The number of carbonyl (C=O) groups is 1. The van der Waals surface area contributed by atoms with Crippen LogP contribution in [0.15, 0.2) is 66.7 Å². The van der Waals surface area contributed by atoms with Gasteiger partial charge in [0.05, 0.1) is 12.2 Å². The number of hydrogen-bond donors (Lipinski definition) is 0. The van der Waals surface area contributed by atoms with Gasteiger partial charge in [-0.2, -0.15) is 0 Å². The molecule has 7 nitrogen and oxygen atoms in total. The molecule has 0 saturated carbocycles. The van der Waals surface area contributed by atoms with E-state index >= 15 is 0 Å². The summed E-state index contributed by atoms with van der Waals surface area (Å²) in [4.78, 5) is 23.3. The fraction of sp³-hybridized carbons (Fsp3) is 0.105. The van der Waals surface area contributed by atoms with E-state index in [-0.39, 0.29) is 5.91 Å². The summed E-state index contributed by atoms with van der Waals surface area (Å²) >= 11 is 1.58. The van der Waals surface area contributed by atoms with Crippen molar-refractivity contribution in [3.8, 4) is 16.4 Å². The van der Waals surface area contributed by atoms with Gasteiger partial charge in [-0.05, 0) is 12.1 Å². The zero-order valence-electron chi connectivity index (χ0n) is 14.6. The Morgan fingerprint density at radius 2 is 1.93 bits per heavy atom. The molecular formula is C19H16N6OS. The number of hydrogen-bond acceptors (Lipinski definition) is 6. The molecule has 0 N–H and O–H groups in total. The van der Waals surface area contributed by atoms with Crippen LogP contribution in [0.3, 0.4) is 0 Å². The highest BCUT2D eigenvalue weighted by molar-refractivity contribution is 7.13. The Bertz CT molecular complexity index is 1050. The first-order chi connectivity index (χ1) is 13.2. The summed E-state index contributed by atoms with van der Waals surface area (Å²) in [7, 11) is 1.77. The number of amides is 1. The van der Waals surface area contributed by atoms with Crippen LogP contribution in [0.25, 0.3) is 16.4 Å². The van der Waals surface area contributed by atoms with E-state index in [9.17, 15) is 4.79 Å². The largest absolute Gasteiger partial charge is 0.336 e. The lowest BCUT2D eigenvalue weighted by molar-refractivity contribution is 0.0783. The first kappa shape index (κ1) is 17.0. The fourth-order valence-electron chi connectivity index (χ4n) is 2.64. The Balaban J connectivity index is 1.49. The first-order valence-electron chi connectivity index (χ1n) is 8.27. The Morgan fingerprint density at radius 3 is 2.70 bits per heavy atom. The van der Waals surface area contributed by atoms with Gasteiger partial charge in [0.2, 0.25) is 0 Å². The zero-order valence-corrected chi connectivity index (χ0v) is 15.4. The minimum absolute atomic E-state index is 0.0963. The highest BCUT2D eigenvalue weighted by atomic mass is 32.1. The molecule has 8 heteroatoms. The lowest BCUT2D eigenvalue weighted by Crippen LogP contribution is -2.26. The van der Waals surface area contributed by atoms with Crippen LogP contribution in [0.2, 0.25) is 0 Å². The van der Waals surface area contributed by atoms with Gasteiger partial charge in [0.25, 0.3) is 5.91 Å². The van der Waals surface area contributed by atoms with E-state index in [0.717, 1.165) is 16.3 Å². The number of thiazole rings is 1. The lowest BCUT2D eigenvalue weighted by Gasteiger charge is -2.16. The van der Waals surface area contributed by atoms with E-state index in [1.165, 1.54) is 0 Å². The molecule has 0 aliphatic rings. The van der Waals surface area contributed by atoms with E-state index in [0.29, 0.717) is 17.9 Å². The van der Waals surface area contributed by atoms with Gasteiger partial charge in [0, 0.05) is 29.8 Å². The summed E-state index contributed by atoms with van der Waals surface area (Å²) in [6.45, 7) is 0.437. The van der Waals surface area contributed by atoms with Gasteiger partial charge < -0.3 is 4.90 Å². The van der Waals surface area contributed by atoms with Gasteiger partial charge in [-0.1, -0.05) is 30.3 Å². The molecular weight excluding hydrogens is 360 g/mol. The van der Waals surface area contributed by atoms with Crippen molar-refractivity contribution < 1.29 is 4.79 Å². The van der Waals surface area contributed by atoms with Gasteiger partial charge in [-0.15, -0.1) is 21.5 Å². The fourth-order valence-corrected chi connectivity index (χ4v) is 3.46. The molecule has 0 spiro atoms. The standard InChI is InChI=1S/C19H16N6OS/c1-24(10-16-11-27-18(23-16)14-5-3-2-4-6-14)19(26)15-7-8-20-17(9-15)25-12-21-22-13-25/h2-9,11-13H,10H2,1H3. The number of pyridine rings is 1. The summed E-state index contributed by atoms with van der Waals surface area (Å²) in [5.41, 5.74) is 2.49. The van der Waals surface area contributed by atoms with Gasteiger partial charge >= 0.3 is 0 Å². The molecule has 27 heavy (non-hydrogen) atoms. The van der Waals surface area contributed by atoms with Crippen LogP contribution in [0.4, 0.5) is 0 Å². The minimum Gasteiger partial charge on any atom is -0.336 e. The van der Waals surface area contributed by atoms with E-state index in [2.05, 4.69) is 20.2 Å². The molecule has 0 saturated heterocycles. The maximum absolute atomic E-state index is 12.8. The Kier molecular flexibility index (Phi) is 4.71. The molecule has 134 valence electrons. The van der Waals surface area contributed by atoms with Crippen LogP contribution in [-0.4, -0.2) is 42.6 Å². The molecule has 4 aromatic rings. The number of nitrogens with zero attached hydrogens (tertiary/aromatic N) is 6. The third-order valence-electron chi connectivity index (χ3n) is 3.99. The molecule has 0 atom stereocenters. The van der Waals surface area contributed by atoms with Crippen molar-refractivity contribution >= 4 is 17.2 Å². The van der Waals surface area contributed by atoms with Gasteiger partial charge in [0.15, 0.2) is 0 Å². The van der Waals surface area contributed by atoms with Crippen molar-refractivity contribution in [2.45, 2.75) is 6.54 Å². The second kappa shape index (κ2) is 7.46. The summed E-state index contributed by atoms with van der Waals surface area (Å²) < 4.78 is 1.66. The smallest absolute Gasteiger partial charge is 0.254 e. The predicted octanol–water partition coefficient (Wildman–Crippen LogP) is 3.06. The van der Waals surface area contributed by atoms with E-state index in [1.807, 2.05) is 35.7 Å². The van der Waals surface area contributed by atoms with E-state index < -0.39 is 0 Å². The molecule has 0 radical (unpaired) electrons. The van der Waals surface area contributed by atoms with Crippen LogP contribution in [0.1, 0.15) is 16.1 Å². The summed E-state index contributed by atoms with van der Waals surface area (Å²) in [5, 5.41) is 10.5. The van der Waals surface area contributed by atoms with E-state index in [4.69, 9.17) is 0 Å². The Labute approximate surface area is 160 Å². The second-order valence-electron chi connectivity index (χ2n) is 5.94. The predicted molar refractivity (Wildman–Crippen MR) is 103 cm³/mol. The van der Waals surface area contributed by atoms with Crippen LogP contribution in [0.5, 0.6) is 0 Å². The summed E-state index contributed by atoms with van der Waals surface area (Å²) in [6.07, 6.45) is 4.69. The molecule has 3 heterocycles. The SMILES string of the molecule is CN(Cc1csc(-c2ccccc2)n1)C(=O)c1ccnc(-n2cnnc2)c1. The van der Waals surface area contributed by atoms with Crippen LogP contribution < -0.4 is 0 Å². The zero-order chi connectivity index (χ0) is 18.6. The molecule has 0 aliphatic heterocycles. The summed E-state index contributed by atoms with van der Waals surface area (Å²) in [5.74, 6) is 0.500. The van der Waals surface area contributed by atoms with Crippen LogP contribution in [0, 0.1) is 0 Å². The highest BCUT2D eigenvalue weighted by Gasteiger charge is 2.15. The highest BCUT2D eigenvalue weighted by Crippen LogP contribution is 2.24. The summed E-state index contributed by atoms with van der Waals surface area (Å²) in [6, 6.07) is 13.4. The molecule has 0 aliphatic carbocycles. The second-order valence-corrected chi connectivity index (χ2v) is 6.80. The number of aromatic nitrogens is 5. The van der Waals surface area contributed by atoms with Crippen molar-refractivity contribution in [1.29, 1.82) is 0 Å². The van der Waals surface area contributed by atoms with Crippen molar-refractivity contribution in [3.63, 3.8) is 0 Å². The quantitative estimate of drug-likeness (QED) is 0.535. The molecule has 1 amide bonds. The van der Waals surface area contributed by atoms with Crippen molar-refractivity contribution in [1.82, 2.24) is 29.6 Å². The Morgan fingerprint density at radius 1 is 1.15 bits per heavy atom. The average Bonchev–Trinajstić information content (AvgIpc) is 3.40. The lowest BCUT2D eigenvalue weighted by atomic mass is 10.2. The Hall–Kier alpha value is -3.39. The maximum Gasteiger partial charge on any atom is 0.254 e. The van der Waals surface area contributed by atoms with Gasteiger partial charge in [0.1, 0.15) is 23.5 Å². The third-order valence-corrected chi connectivity index (χ3v) is 4.93. The molecule has 0 unspecified atom stereocenters. The van der Waals surface area contributed by atoms with Crippen molar-refractivity contribution in [2.24, 2.45) is 0 Å². The van der Waals surface area contributed by atoms with Crippen molar-refractivity contribution in [2.75, 3.05) is 7.05 Å². The van der Waals surface area contributed by atoms with Crippen LogP contribution in [-0.2, 0) is 6.54 Å². The molecule has 3 aromatic heterocycles. The maximum atomic E-state index is 12.8. The number of carbonyl (C=O) groups excluding carboxylic acids is 1. The monoisotopic (exact) mass is 376 g/mol.